The second kappa shape index (κ2) is 9.49. The number of alkyl halides is 2. The van der Waals surface area contributed by atoms with Crippen LogP contribution in [0.25, 0.3) is 11.0 Å². The van der Waals surface area contributed by atoms with E-state index in [1.54, 1.807) is 0 Å². The molecule has 1 amide bonds. The van der Waals surface area contributed by atoms with Gasteiger partial charge in [0.05, 0.1) is 17.4 Å². The minimum Gasteiger partial charge on any atom is -0.368 e. The van der Waals surface area contributed by atoms with Crippen LogP contribution in [0.1, 0.15) is 46.6 Å². The summed E-state index contributed by atoms with van der Waals surface area (Å²) in [6.45, 7) is 3.21. The molecule has 1 aliphatic heterocycles. The first-order valence-electron chi connectivity index (χ1n) is 11.6. The largest absolute Gasteiger partial charge is 0.368 e. The number of amides is 1. The zero-order chi connectivity index (χ0) is 25.6. The van der Waals surface area contributed by atoms with Gasteiger partial charge in [-0.25, -0.2) is 27.5 Å². The van der Waals surface area contributed by atoms with Crippen LogP contribution in [0.5, 0.6) is 0 Å². The number of benzene rings is 1. The second-order valence-corrected chi connectivity index (χ2v) is 9.14. The number of carbonyl (C=O) groups is 1. The van der Waals surface area contributed by atoms with Crippen molar-refractivity contribution in [3.63, 3.8) is 0 Å². The van der Waals surface area contributed by atoms with E-state index in [9.17, 15) is 27.2 Å². The lowest BCUT2D eigenvalue weighted by Crippen LogP contribution is -2.46. The molecule has 190 valence electrons. The zero-order valence-electron chi connectivity index (χ0n) is 19.5. The minimum absolute atomic E-state index is 0.00649. The van der Waals surface area contributed by atoms with Crippen molar-refractivity contribution in [2.45, 2.75) is 38.8 Å². The number of halogens is 4. The van der Waals surface area contributed by atoms with Crippen LogP contribution in [0.3, 0.4) is 0 Å². The van der Waals surface area contributed by atoms with Gasteiger partial charge < -0.3 is 15.2 Å². The first kappa shape index (κ1) is 24.2. The van der Waals surface area contributed by atoms with Crippen LogP contribution in [0.4, 0.5) is 23.2 Å². The van der Waals surface area contributed by atoms with Crippen LogP contribution in [0.15, 0.2) is 23.1 Å². The molecule has 0 atom stereocenters. The summed E-state index contributed by atoms with van der Waals surface area (Å²) < 4.78 is 57.2. The fourth-order valence-electron chi connectivity index (χ4n) is 4.40. The number of rotatable bonds is 6. The van der Waals surface area contributed by atoms with E-state index in [0.717, 1.165) is 18.9 Å². The maximum atomic E-state index is 14.7. The molecule has 0 bridgehead atoms. The van der Waals surface area contributed by atoms with E-state index in [2.05, 4.69) is 20.3 Å². The van der Waals surface area contributed by atoms with Crippen molar-refractivity contribution in [2.24, 2.45) is 0 Å². The second-order valence-electron chi connectivity index (χ2n) is 9.14. The van der Waals surface area contributed by atoms with Gasteiger partial charge in [0, 0.05) is 50.4 Å². The van der Waals surface area contributed by atoms with Gasteiger partial charge in [-0.3, -0.25) is 14.5 Å². The summed E-state index contributed by atoms with van der Waals surface area (Å²) in [7, 11) is 0. The molecule has 1 saturated heterocycles. The van der Waals surface area contributed by atoms with Gasteiger partial charge in [-0.2, -0.15) is 0 Å². The predicted octanol–water partition coefficient (Wildman–Crippen LogP) is 3.06. The number of nitrogens with zero attached hydrogens (tertiary/aromatic N) is 4. The number of piperazine rings is 1. The molecule has 0 unspecified atom stereocenters. The molecular formula is C24H24F4N6O2. The molecule has 5 rings (SSSR count). The maximum absolute atomic E-state index is 14.7. The van der Waals surface area contributed by atoms with Crippen LogP contribution < -0.4 is 15.8 Å². The van der Waals surface area contributed by atoms with Gasteiger partial charge >= 0.3 is 0 Å². The summed E-state index contributed by atoms with van der Waals surface area (Å²) in [5.41, 5.74) is -1.34. The highest BCUT2D eigenvalue weighted by Crippen LogP contribution is 2.32. The normalized spacial score (nSPS) is 16.7. The highest BCUT2D eigenvalue weighted by Gasteiger charge is 2.27. The standard InChI is InChI=1S/C24H24F4N6O2/c1-12-23(35)32-21-18(22(27)28)13(8-16(25)19(21)30-12)11-33-4-6-34(7-5-33)15-9-17(26)20(29-10-15)24(36)31-14-2-3-14/h8-10,14,22H,2-7,11H2,1H3,(H,31,36)(H,32,35). The Kier molecular flexibility index (Phi) is 6.37. The molecule has 2 aromatic heterocycles. The maximum Gasteiger partial charge on any atom is 0.273 e. The number of hydrogen-bond acceptors (Lipinski definition) is 6. The van der Waals surface area contributed by atoms with Gasteiger partial charge in [-0.1, -0.05) is 0 Å². The summed E-state index contributed by atoms with van der Waals surface area (Å²) >= 11 is 0. The number of pyridine rings is 1. The van der Waals surface area contributed by atoms with Gasteiger partial charge in [-0.15, -0.1) is 0 Å². The fourth-order valence-corrected chi connectivity index (χ4v) is 4.40. The molecule has 2 fully saturated rings. The van der Waals surface area contributed by atoms with Gasteiger partial charge in [0.15, 0.2) is 17.3 Å². The van der Waals surface area contributed by atoms with Crippen molar-refractivity contribution >= 4 is 22.6 Å². The summed E-state index contributed by atoms with van der Waals surface area (Å²) in [6, 6.07) is 2.41. The highest BCUT2D eigenvalue weighted by molar-refractivity contribution is 5.93. The number of hydrogen-bond donors (Lipinski definition) is 2. The third-order valence-corrected chi connectivity index (χ3v) is 6.53. The Bertz CT molecular complexity index is 1380. The summed E-state index contributed by atoms with van der Waals surface area (Å²) in [6.07, 6.45) is 0.276. The molecule has 0 spiro atoms. The van der Waals surface area contributed by atoms with Gasteiger partial charge in [0.25, 0.3) is 17.9 Å². The molecule has 3 aromatic rings. The monoisotopic (exact) mass is 504 g/mol. The molecule has 2 aliphatic rings. The number of carbonyl (C=O) groups excluding carboxylic acids is 1. The molecule has 1 aromatic carbocycles. The Labute approximate surface area is 203 Å². The van der Waals surface area contributed by atoms with E-state index < -0.39 is 35.1 Å². The average Bonchev–Trinajstić information content (AvgIpc) is 3.64. The average molecular weight is 504 g/mol. The summed E-state index contributed by atoms with van der Waals surface area (Å²) in [4.78, 5) is 38.0. The lowest BCUT2D eigenvalue weighted by Gasteiger charge is -2.36. The number of anilines is 1. The van der Waals surface area contributed by atoms with E-state index in [-0.39, 0.29) is 40.6 Å². The van der Waals surface area contributed by atoms with Crippen molar-refractivity contribution in [2.75, 3.05) is 31.1 Å². The molecule has 8 nitrogen and oxygen atoms in total. The number of aryl methyl sites for hydroxylation is 1. The smallest absolute Gasteiger partial charge is 0.273 e. The molecule has 1 saturated carbocycles. The van der Waals surface area contributed by atoms with Crippen LogP contribution in [0, 0.1) is 18.6 Å². The third-order valence-electron chi connectivity index (χ3n) is 6.53. The van der Waals surface area contributed by atoms with E-state index in [4.69, 9.17) is 0 Å². The topological polar surface area (TPSA) is 94.2 Å². The number of fused-ring (bicyclic) bond motifs is 1. The Balaban J connectivity index is 1.30. The Morgan fingerprint density at radius 2 is 1.89 bits per heavy atom. The van der Waals surface area contributed by atoms with Crippen molar-refractivity contribution in [3.05, 3.63) is 62.8 Å². The minimum atomic E-state index is -2.94. The van der Waals surface area contributed by atoms with Crippen molar-refractivity contribution < 1.29 is 22.4 Å². The van der Waals surface area contributed by atoms with Crippen molar-refractivity contribution in [3.8, 4) is 0 Å². The van der Waals surface area contributed by atoms with Gasteiger partial charge in [0.1, 0.15) is 11.2 Å². The molecule has 1 aliphatic carbocycles. The van der Waals surface area contributed by atoms with E-state index in [1.165, 1.54) is 19.2 Å². The first-order chi connectivity index (χ1) is 17.2. The van der Waals surface area contributed by atoms with Crippen LogP contribution in [-0.4, -0.2) is 58.0 Å². The number of H-pyrrole nitrogens is 1. The van der Waals surface area contributed by atoms with E-state index >= 15 is 0 Å². The lowest BCUT2D eigenvalue weighted by atomic mass is 10.0. The first-order valence-corrected chi connectivity index (χ1v) is 11.6. The third kappa shape index (κ3) is 4.77. The SMILES string of the molecule is Cc1nc2c(F)cc(CN3CCN(c4cnc(C(=O)NC5CC5)c(F)c4)CC3)c(C(F)F)c2[nH]c1=O. The Morgan fingerprint density at radius 1 is 1.17 bits per heavy atom. The van der Waals surface area contributed by atoms with E-state index in [0.29, 0.717) is 31.9 Å². The van der Waals surface area contributed by atoms with Crippen molar-refractivity contribution in [1.82, 2.24) is 25.2 Å². The molecule has 36 heavy (non-hydrogen) atoms. The molecule has 2 N–H and O–H groups in total. The van der Waals surface area contributed by atoms with Gasteiger partial charge in [-0.05, 0) is 31.4 Å². The molecule has 0 radical (unpaired) electrons. The summed E-state index contributed by atoms with van der Waals surface area (Å²) in [5.74, 6) is -2.02. The fraction of sp³-hybridized carbons (Fsp3) is 0.417. The van der Waals surface area contributed by atoms with Crippen LogP contribution in [-0.2, 0) is 6.54 Å². The molecular weight excluding hydrogens is 480 g/mol. The van der Waals surface area contributed by atoms with E-state index in [1.807, 2.05) is 9.80 Å². The predicted molar refractivity (Wildman–Crippen MR) is 124 cm³/mol. The molecule has 3 heterocycles. The number of nitrogens with one attached hydrogen (secondary N) is 2. The van der Waals surface area contributed by atoms with Crippen LogP contribution >= 0.6 is 0 Å². The Hall–Kier alpha value is -3.54. The lowest BCUT2D eigenvalue weighted by molar-refractivity contribution is 0.0941. The van der Waals surface area contributed by atoms with Crippen molar-refractivity contribution in [1.29, 1.82) is 0 Å². The van der Waals surface area contributed by atoms with Gasteiger partial charge in [0.2, 0.25) is 0 Å². The summed E-state index contributed by atoms with van der Waals surface area (Å²) in [5, 5.41) is 2.71. The molecule has 12 heteroatoms. The Morgan fingerprint density at radius 3 is 2.53 bits per heavy atom. The zero-order valence-corrected chi connectivity index (χ0v) is 19.5. The highest BCUT2D eigenvalue weighted by atomic mass is 19.3. The number of aromatic nitrogens is 3. The number of aromatic amines is 1. The quantitative estimate of drug-likeness (QED) is 0.502. The van der Waals surface area contributed by atoms with Crippen LogP contribution in [0.2, 0.25) is 0 Å².